The largest absolute Gasteiger partial charge is 0.462 e. The highest BCUT2D eigenvalue weighted by Crippen LogP contribution is 2.33. The van der Waals surface area contributed by atoms with Crippen molar-refractivity contribution < 1.29 is 13.9 Å². The van der Waals surface area contributed by atoms with Gasteiger partial charge in [-0.15, -0.1) is 17.9 Å². The molecule has 0 N–H and O–H groups in total. The monoisotopic (exact) mass is 305 g/mol. The zero-order valence-corrected chi connectivity index (χ0v) is 12.8. The van der Waals surface area contributed by atoms with E-state index in [1.54, 1.807) is 26.0 Å². The van der Waals surface area contributed by atoms with Crippen LogP contribution in [0.3, 0.4) is 0 Å². The number of nitrogens with zero attached hydrogens (tertiary/aromatic N) is 1. The van der Waals surface area contributed by atoms with Crippen LogP contribution >= 0.6 is 11.3 Å². The fraction of sp³-hybridized carbons (Fsp3) is 0.250. The Kier molecular flexibility index (Phi) is 4.85. The highest BCUT2D eigenvalue weighted by atomic mass is 32.1. The number of benzene rings is 1. The smallest absolute Gasteiger partial charge is 0.350 e. The molecule has 0 saturated carbocycles. The van der Waals surface area contributed by atoms with Crippen LogP contribution in [0, 0.1) is 12.7 Å². The quantitative estimate of drug-likeness (QED) is 0.615. The molecule has 0 saturated heterocycles. The average Bonchev–Trinajstić information content (AvgIpc) is 2.81. The number of hydrogen-bond donors (Lipinski definition) is 0. The second-order valence-corrected chi connectivity index (χ2v) is 5.42. The number of allylic oxidation sites excluding steroid dienone is 1. The molecule has 2 rings (SSSR count). The lowest BCUT2D eigenvalue weighted by Crippen LogP contribution is -2.03. The molecule has 0 atom stereocenters. The van der Waals surface area contributed by atoms with Gasteiger partial charge in [-0.3, -0.25) is 0 Å². The molecule has 0 fully saturated rings. The standard InChI is InChI=1S/C16H16FNO2S/c1-4-7-11-8-6-9-12(17)13(11)15-18-10(3)14(21-15)16(19)20-5-2/h4,6,8-9H,1,5,7H2,2-3H3. The maximum Gasteiger partial charge on any atom is 0.350 e. The second kappa shape index (κ2) is 6.63. The number of ether oxygens (including phenoxy) is 1. The van der Waals surface area contributed by atoms with E-state index in [0.29, 0.717) is 34.2 Å². The van der Waals surface area contributed by atoms with Crippen molar-refractivity contribution in [3.05, 3.63) is 52.8 Å². The van der Waals surface area contributed by atoms with E-state index in [1.807, 2.05) is 6.07 Å². The Morgan fingerprint density at radius 3 is 2.95 bits per heavy atom. The molecule has 1 heterocycles. The number of thiazole rings is 1. The number of aryl methyl sites for hydroxylation is 1. The molecule has 0 aliphatic carbocycles. The molecule has 0 unspecified atom stereocenters. The minimum Gasteiger partial charge on any atom is -0.462 e. The fourth-order valence-electron chi connectivity index (χ4n) is 2.02. The normalized spacial score (nSPS) is 10.4. The van der Waals surface area contributed by atoms with Gasteiger partial charge >= 0.3 is 5.97 Å². The molecule has 0 aliphatic rings. The first-order chi connectivity index (χ1) is 10.1. The Morgan fingerprint density at radius 1 is 1.52 bits per heavy atom. The molecule has 0 spiro atoms. The number of esters is 1. The van der Waals surface area contributed by atoms with Gasteiger partial charge in [0.15, 0.2) is 0 Å². The molecular formula is C16H16FNO2S. The third-order valence-corrected chi connectivity index (χ3v) is 4.09. The molecule has 1 aromatic heterocycles. The van der Waals surface area contributed by atoms with Crippen molar-refractivity contribution >= 4 is 17.3 Å². The van der Waals surface area contributed by atoms with Crippen LogP contribution < -0.4 is 0 Å². The molecule has 5 heteroatoms. The van der Waals surface area contributed by atoms with Crippen molar-refractivity contribution in [2.24, 2.45) is 0 Å². The van der Waals surface area contributed by atoms with E-state index in [9.17, 15) is 9.18 Å². The van der Waals surface area contributed by atoms with E-state index in [2.05, 4.69) is 11.6 Å². The summed E-state index contributed by atoms with van der Waals surface area (Å²) < 4.78 is 19.2. The Morgan fingerprint density at radius 2 is 2.29 bits per heavy atom. The van der Waals surface area contributed by atoms with Crippen molar-refractivity contribution in [1.29, 1.82) is 0 Å². The van der Waals surface area contributed by atoms with Gasteiger partial charge in [-0.05, 0) is 31.9 Å². The molecule has 21 heavy (non-hydrogen) atoms. The van der Waals surface area contributed by atoms with Gasteiger partial charge in [-0.25, -0.2) is 14.2 Å². The predicted octanol–water partition coefficient (Wildman–Crippen LogP) is 4.16. The molecule has 0 amide bonds. The van der Waals surface area contributed by atoms with Crippen LogP contribution in [0.25, 0.3) is 10.6 Å². The van der Waals surface area contributed by atoms with Crippen LogP contribution in [0.1, 0.15) is 27.9 Å². The summed E-state index contributed by atoms with van der Waals surface area (Å²) >= 11 is 1.15. The maximum atomic E-state index is 14.2. The summed E-state index contributed by atoms with van der Waals surface area (Å²) in [4.78, 5) is 16.6. The van der Waals surface area contributed by atoms with E-state index in [0.717, 1.165) is 16.9 Å². The third-order valence-electron chi connectivity index (χ3n) is 2.94. The molecule has 0 bridgehead atoms. The number of carbonyl (C=O) groups excluding carboxylic acids is 1. The fourth-order valence-corrected chi connectivity index (χ4v) is 3.07. The highest BCUT2D eigenvalue weighted by Gasteiger charge is 2.20. The van der Waals surface area contributed by atoms with Crippen LogP contribution in [0.15, 0.2) is 30.9 Å². The van der Waals surface area contributed by atoms with Crippen LogP contribution in [-0.2, 0) is 11.2 Å². The van der Waals surface area contributed by atoms with Crippen LogP contribution in [-0.4, -0.2) is 17.6 Å². The minimum atomic E-state index is -0.416. The topological polar surface area (TPSA) is 39.2 Å². The zero-order valence-electron chi connectivity index (χ0n) is 12.0. The minimum absolute atomic E-state index is 0.299. The number of aromatic nitrogens is 1. The first kappa shape index (κ1) is 15.4. The van der Waals surface area contributed by atoms with Gasteiger partial charge in [-0.2, -0.15) is 0 Å². The van der Waals surface area contributed by atoms with E-state index in [-0.39, 0.29) is 5.82 Å². The van der Waals surface area contributed by atoms with E-state index < -0.39 is 5.97 Å². The molecule has 1 aromatic carbocycles. The Labute approximate surface area is 127 Å². The molecule has 3 nitrogen and oxygen atoms in total. The van der Waals surface area contributed by atoms with Gasteiger partial charge < -0.3 is 4.74 Å². The number of rotatable bonds is 5. The van der Waals surface area contributed by atoms with Crippen molar-refractivity contribution in [2.75, 3.05) is 6.61 Å². The van der Waals surface area contributed by atoms with Crippen molar-refractivity contribution in [2.45, 2.75) is 20.3 Å². The summed E-state index contributed by atoms with van der Waals surface area (Å²) in [5.41, 5.74) is 1.79. The predicted molar refractivity (Wildman–Crippen MR) is 82.1 cm³/mol. The summed E-state index contributed by atoms with van der Waals surface area (Å²) in [6, 6.07) is 4.88. The van der Waals surface area contributed by atoms with E-state index in [1.165, 1.54) is 6.07 Å². The van der Waals surface area contributed by atoms with Gasteiger partial charge in [0.25, 0.3) is 0 Å². The van der Waals surface area contributed by atoms with E-state index in [4.69, 9.17) is 4.74 Å². The van der Waals surface area contributed by atoms with Crippen LogP contribution in [0.4, 0.5) is 4.39 Å². The summed E-state index contributed by atoms with van der Waals surface area (Å²) in [6.07, 6.45) is 2.26. The molecule has 0 aliphatic heterocycles. The Hall–Kier alpha value is -2.01. The van der Waals surface area contributed by atoms with Crippen molar-refractivity contribution in [1.82, 2.24) is 4.98 Å². The lowest BCUT2D eigenvalue weighted by Gasteiger charge is -2.06. The number of hydrogen-bond acceptors (Lipinski definition) is 4. The first-order valence-electron chi connectivity index (χ1n) is 6.61. The van der Waals surface area contributed by atoms with Crippen LogP contribution in [0.2, 0.25) is 0 Å². The third kappa shape index (κ3) is 3.19. The molecule has 2 aromatic rings. The van der Waals surface area contributed by atoms with Crippen LogP contribution in [0.5, 0.6) is 0 Å². The zero-order chi connectivity index (χ0) is 15.4. The lowest BCUT2D eigenvalue weighted by molar-refractivity contribution is 0.0531. The summed E-state index contributed by atoms with van der Waals surface area (Å²) in [5.74, 6) is -0.765. The second-order valence-electron chi connectivity index (χ2n) is 4.42. The summed E-state index contributed by atoms with van der Waals surface area (Å²) in [6.45, 7) is 7.45. The number of halogens is 1. The summed E-state index contributed by atoms with van der Waals surface area (Å²) in [5, 5.41) is 0.491. The average molecular weight is 305 g/mol. The molecule has 110 valence electrons. The number of carbonyl (C=O) groups is 1. The molecular weight excluding hydrogens is 289 g/mol. The SMILES string of the molecule is C=CCc1cccc(F)c1-c1nc(C)c(C(=O)OCC)s1. The summed E-state index contributed by atoms with van der Waals surface area (Å²) in [7, 11) is 0. The van der Waals surface area contributed by atoms with Gasteiger partial charge in [-0.1, -0.05) is 18.2 Å². The van der Waals surface area contributed by atoms with E-state index >= 15 is 0 Å². The van der Waals surface area contributed by atoms with Gasteiger partial charge in [0, 0.05) is 5.56 Å². The van der Waals surface area contributed by atoms with Crippen molar-refractivity contribution in [3.63, 3.8) is 0 Å². The van der Waals surface area contributed by atoms with Crippen molar-refractivity contribution in [3.8, 4) is 10.6 Å². The highest BCUT2D eigenvalue weighted by molar-refractivity contribution is 7.17. The Balaban J connectivity index is 2.51. The maximum absolute atomic E-state index is 14.2. The van der Waals surface area contributed by atoms with Gasteiger partial charge in [0.05, 0.1) is 12.3 Å². The lowest BCUT2D eigenvalue weighted by atomic mass is 10.0. The Bertz CT molecular complexity index is 679. The van der Waals surface area contributed by atoms with Gasteiger partial charge in [0.2, 0.25) is 0 Å². The van der Waals surface area contributed by atoms with Gasteiger partial charge in [0.1, 0.15) is 15.7 Å². The molecule has 0 radical (unpaired) electrons. The first-order valence-corrected chi connectivity index (χ1v) is 7.43.